The molecule has 16 heavy (non-hydrogen) atoms. The Morgan fingerprint density at radius 2 is 1.56 bits per heavy atom. The molecular formula is C14H14ClN. The molecule has 0 heterocycles. The lowest BCUT2D eigenvalue weighted by atomic mass is 10.2. The van der Waals surface area contributed by atoms with Crippen molar-refractivity contribution in [3.63, 3.8) is 0 Å². The molecule has 0 spiro atoms. The molecule has 0 bridgehead atoms. The van der Waals surface area contributed by atoms with Crippen molar-refractivity contribution in [3.8, 4) is 0 Å². The monoisotopic (exact) mass is 231 g/mol. The molecule has 0 unspecified atom stereocenters. The van der Waals surface area contributed by atoms with E-state index in [1.807, 2.05) is 42.5 Å². The minimum atomic E-state index is 0.785. The minimum Gasteiger partial charge on any atom is -0.341 e. The van der Waals surface area contributed by atoms with Crippen molar-refractivity contribution in [1.29, 1.82) is 0 Å². The van der Waals surface area contributed by atoms with Crippen LogP contribution in [0.1, 0.15) is 6.92 Å². The molecule has 2 aromatic carbocycles. The molecule has 2 aromatic rings. The third-order valence-corrected chi connectivity index (χ3v) is 2.85. The number of hydrogen-bond donors (Lipinski definition) is 0. The predicted molar refractivity (Wildman–Crippen MR) is 70.6 cm³/mol. The van der Waals surface area contributed by atoms with Crippen LogP contribution >= 0.6 is 11.6 Å². The largest absolute Gasteiger partial charge is 0.341 e. The van der Waals surface area contributed by atoms with Gasteiger partial charge in [-0.1, -0.05) is 41.9 Å². The zero-order valence-corrected chi connectivity index (χ0v) is 9.98. The quantitative estimate of drug-likeness (QED) is 0.752. The predicted octanol–water partition coefficient (Wildman–Crippen LogP) is 4.50. The second kappa shape index (κ2) is 5.04. The summed E-state index contributed by atoms with van der Waals surface area (Å²) in [6.07, 6.45) is 0. The molecule has 1 nitrogen and oxygen atoms in total. The first-order valence-electron chi connectivity index (χ1n) is 5.40. The number of anilines is 2. The van der Waals surface area contributed by atoms with Crippen LogP contribution in [0.4, 0.5) is 11.4 Å². The molecular weight excluding hydrogens is 218 g/mol. The van der Waals surface area contributed by atoms with Gasteiger partial charge in [0.15, 0.2) is 0 Å². The van der Waals surface area contributed by atoms with Crippen molar-refractivity contribution < 1.29 is 0 Å². The van der Waals surface area contributed by atoms with Crippen LogP contribution in [0.15, 0.2) is 54.6 Å². The Labute approximate surface area is 101 Å². The first kappa shape index (κ1) is 11.0. The van der Waals surface area contributed by atoms with Crippen LogP contribution in [-0.4, -0.2) is 6.54 Å². The Morgan fingerprint density at radius 1 is 0.938 bits per heavy atom. The maximum absolute atomic E-state index is 6.21. The fourth-order valence-electron chi connectivity index (χ4n) is 1.77. The molecule has 0 radical (unpaired) electrons. The summed E-state index contributed by atoms with van der Waals surface area (Å²) in [7, 11) is 0. The van der Waals surface area contributed by atoms with E-state index in [0.717, 1.165) is 22.9 Å². The number of benzene rings is 2. The first-order chi connectivity index (χ1) is 7.83. The number of hydrogen-bond acceptors (Lipinski definition) is 1. The van der Waals surface area contributed by atoms with Crippen molar-refractivity contribution in [1.82, 2.24) is 0 Å². The molecule has 0 aliphatic carbocycles. The highest BCUT2D eigenvalue weighted by atomic mass is 35.5. The van der Waals surface area contributed by atoms with Crippen LogP contribution in [0.5, 0.6) is 0 Å². The smallest absolute Gasteiger partial charge is 0.0643 e. The number of rotatable bonds is 3. The van der Waals surface area contributed by atoms with E-state index in [1.54, 1.807) is 0 Å². The number of nitrogens with zero attached hydrogens (tertiary/aromatic N) is 1. The van der Waals surface area contributed by atoms with E-state index in [2.05, 4.69) is 24.0 Å². The van der Waals surface area contributed by atoms with Gasteiger partial charge in [0.05, 0.1) is 10.7 Å². The highest BCUT2D eigenvalue weighted by Crippen LogP contribution is 2.30. The van der Waals surface area contributed by atoms with Crippen LogP contribution in [0.3, 0.4) is 0 Å². The summed E-state index contributed by atoms with van der Waals surface area (Å²) >= 11 is 6.21. The average molecular weight is 232 g/mol. The van der Waals surface area contributed by atoms with Gasteiger partial charge in [-0.05, 0) is 31.2 Å². The van der Waals surface area contributed by atoms with E-state index in [0.29, 0.717) is 0 Å². The van der Waals surface area contributed by atoms with Crippen molar-refractivity contribution in [2.24, 2.45) is 0 Å². The molecule has 0 aromatic heterocycles. The van der Waals surface area contributed by atoms with Crippen molar-refractivity contribution in [3.05, 3.63) is 59.6 Å². The van der Waals surface area contributed by atoms with Crippen LogP contribution < -0.4 is 4.90 Å². The minimum absolute atomic E-state index is 0.785. The summed E-state index contributed by atoms with van der Waals surface area (Å²) in [5.41, 5.74) is 2.22. The van der Waals surface area contributed by atoms with E-state index in [1.165, 1.54) is 0 Å². The van der Waals surface area contributed by atoms with Crippen LogP contribution in [0.25, 0.3) is 0 Å². The van der Waals surface area contributed by atoms with Gasteiger partial charge in [-0.25, -0.2) is 0 Å². The maximum Gasteiger partial charge on any atom is 0.0643 e. The Morgan fingerprint density at radius 3 is 2.19 bits per heavy atom. The summed E-state index contributed by atoms with van der Waals surface area (Å²) in [6.45, 7) is 3.02. The first-order valence-corrected chi connectivity index (χ1v) is 5.78. The SMILES string of the molecule is CCN(c1ccccc1)c1ccccc1Cl. The topological polar surface area (TPSA) is 3.24 Å². The molecule has 0 fully saturated rings. The van der Waals surface area contributed by atoms with Gasteiger partial charge >= 0.3 is 0 Å². The normalized spacial score (nSPS) is 10.1. The van der Waals surface area contributed by atoms with E-state index in [-0.39, 0.29) is 0 Å². The van der Waals surface area contributed by atoms with Gasteiger partial charge in [-0.15, -0.1) is 0 Å². The van der Waals surface area contributed by atoms with E-state index in [4.69, 9.17) is 11.6 Å². The summed E-state index contributed by atoms with van der Waals surface area (Å²) < 4.78 is 0. The molecule has 2 heteroatoms. The second-order valence-electron chi connectivity index (χ2n) is 3.53. The fourth-order valence-corrected chi connectivity index (χ4v) is 2.01. The van der Waals surface area contributed by atoms with Crippen LogP contribution in [0, 0.1) is 0 Å². The lowest BCUT2D eigenvalue weighted by molar-refractivity contribution is 1.02. The number of para-hydroxylation sites is 2. The molecule has 0 amide bonds. The third-order valence-electron chi connectivity index (χ3n) is 2.53. The Bertz CT molecular complexity index is 453. The Hall–Kier alpha value is -1.47. The van der Waals surface area contributed by atoms with Crippen molar-refractivity contribution in [2.75, 3.05) is 11.4 Å². The van der Waals surface area contributed by atoms with Gasteiger partial charge in [0, 0.05) is 12.2 Å². The average Bonchev–Trinajstić information content (AvgIpc) is 2.34. The van der Waals surface area contributed by atoms with Gasteiger partial charge < -0.3 is 4.90 Å². The molecule has 0 N–H and O–H groups in total. The van der Waals surface area contributed by atoms with Crippen LogP contribution in [-0.2, 0) is 0 Å². The van der Waals surface area contributed by atoms with Gasteiger partial charge in [0.2, 0.25) is 0 Å². The van der Waals surface area contributed by atoms with E-state index in [9.17, 15) is 0 Å². The Kier molecular flexibility index (Phi) is 3.47. The molecule has 0 aliphatic rings. The van der Waals surface area contributed by atoms with E-state index >= 15 is 0 Å². The Balaban J connectivity index is 2.41. The van der Waals surface area contributed by atoms with Crippen molar-refractivity contribution in [2.45, 2.75) is 6.92 Å². The summed E-state index contributed by atoms with van der Waals surface area (Å²) in [5, 5.41) is 0.785. The van der Waals surface area contributed by atoms with Crippen molar-refractivity contribution >= 4 is 23.0 Å². The van der Waals surface area contributed by atoms with Gasteiger partial charge in [-0.3, -0.25) is 0 Å². The lowest BCUT2D eigenvalue weighted by Gasteiger charge is -2.24. The summed E-state index contributed by atoms with van der Waals surface area (Å²) in [4.78, 5) is 2.20. The van der Waals surface area contributed by atoms with Crippen LogP contribution in [0.2, 0.25) is 5.02 Å². The molecule has 0 saturated carbocycles. The highest BCUT2D eigenvalue weighted by molar-refractivity contribution is 6.33. The highest BCUT2D eigenvalue weighted by Gasteiger charge is 2.09. The molecule has 82 valence electrons. The molecule has 2 rings (SSSR count). The summed E-state index contributed by atoms with van der Waals surface area (Å²) in [6, 6.07) is 18.2. The lowest BCUT2D eigenvalue weighted by Crippen LogP contribution is -2.16. The van der Waals surface area contributed by atoms with Gasteiger partial charge in [-0.2, -0.15) is 0 Å². The summed E-state index contributed by atoms with van der Waals surface area (Å²) in [5.74, 6) is 0. The zero-order chi connectivity index (χ0) is 11.4. The second-order valence-corrected chi connectivity index (χ2v) is 3.94. The van der Waals surface area contributed by atoms with Gasteiger partial charge in [0.1, 0.15) is 0 Å². The molecule has 0 aliphatic heterocycles. The van der Waals surface area contributed by atoms with E-state index < -0.39 is 0 Å². The standard InChI is InChI=1S/C14H14ClN/c1-2-16(12-8-4-3-5-9-12)14-11-7-6-10-13(14)15/h3-11H,2H2,1H3. The zero-order valence-electron chi connectivity index (χ0n) is 9.23. The third kappa shape index (κ3) is 2.20. The molecule has 0 saturated heterocycles. The van der Waals surface area contributed by atoms with Gasteiger partial charge in [0.25, 0.3) is 0 Å². The molecule has 0 atom stereocenters. The maximum atomic E-state index is 6.21. The number of halogens is 1. The fraction of sp³-hybridized carbons (Fsp3) is 0.143.